The molecule has 0 fully saturated rings. The fourth-order valence-corrected chi connectivity index (χ4v) is 3.20. The van der Waals surface area contributed by atoms with Crippen molar-refractivity contribution in [2.45, 2.75) is 33.6 Å². The largest absolute Gasteiger partial charge is 0.318 e. The van der Waals surface area contributed by atoms with E-state index in [0.29, 0.717) is 0 Å². The average molecular weight is 377 g/mol. The number of amides is 1. The van der Waals surface area contributed by atoms with Crippen molar-refractivity contribution in [1.29, 1.82) is 0 Å². The van der Waals surface area contributed by atoms with Crippen LogP contribution in [-0.2, 0) is 17.6 Å². The molecule has 144 valence electrons. The zero-order valence-corrected chi connectivity index (χ0v) is 16.4. The molecule has 3 aromatic rings. The molecule has 1 aromatic heterocycles. The van der Waals surface area contributed by atoms with Crippen LogP contribution in [-0.4, -0.2) is 16.7 Å². The van der Waals surface area contributed by atoms with E-state index in [1.165, 1.54) is 17.7 Å². The fourth-order valence-electron chi connectivity index (χ4n) is 3.20. The Kier molecular flexibility index (Phi) is 6.04. The molecule has 28 heavy (non-hydrogen) atoms. The summed E-state index contributed by atoms with van der Waals surface area (Å²) in [5.41, 5.74) is 8.77. The van der Waals surface area contributed by atoms with Gasteiger partial charge >= 0.3 is 0 Å². The lowest BCUT2D eigenvalue weighted by Crippen LogP contribution is -2.19. The Balaban J connectivity index is 1.68. The Hall–Kier alpha value is -3.21. The highest BCUT2D eigenvalue weighted by atomic mass is 19.1. The van der Waals surface area contributed by atoms with Crippen LogP contribution in [0.25, 0.3) is 5.69 Å². The first-order valence-corrected chi connectivity index (χ1v) is 9.32. The van der Waals surface area contributed by atoms with E-state index in [-0.39, 0.29) is 18.1 Å². The zero-order chi connectivity index (χ0) is 20.1. The maximum absolute atomic E-state index is 12.9. The van der Waals surface area contributed by atoms with Gasteiger partial charge in [-0.3, -0.25) is 4.79 Å². The Morgan fingerprint density at radius 2 is 1.71 bits per heavy atom. The van der Waals surface area contributed by atoms with E-state index in [4.69, 9.17) is 0 Å². The van der Waals surface area contributed by atoms with Crippen molar-refractivity contribution < 1.29 is 9.18 Å². The van der Waals surface area contributed by atoms with Gasteiger partial charge in [0.1, 0.15) is 5.82 Å². The zero-order valence-electron chi connectivity index (χ0n) is 16.4. The van der Waals surface area contributed by atoms with Crippen LogP contribution < -0.4 is 5.43 Å². The predicted octanol–water partition coefficient (Wildman–Crippen LogP) is 4.49. The Morgan fingerprint density at radius 3 is 2.36 bits per heavy atom. The monoisotopic (exact) mass is 377 g/mol. The van der Waals surface area contributed by atoms with Crippen molar-refractivity contribution in [2.75, 3.05) is 0 Å². The highest BCUT2D eigenvalue weighted by molar-refractivity contribution is 5.84. The lowest BCUT2D eigenvalue weighted by Gasteiger charge is -2.10. The molecule has 4 nitrogen and oxygen atoms in total. The average Bonchev–Trinajstić information content (AvgIpc) is 2.97. The third kappa shape index (κ3) is 4.55. The Morgan fingerprint density at radius 1 is 1.07 bits per heavy atom. The number of carbonyl (C=O) groups excluding carboxylic acids is 1. The van der Waals surface area contributed by atoms with E-state index in [1.54, 1.807) is 18.3 Å². The lowest BCUT2D eigenvalue weighted by atomic mass is 10.1. The van der Waals surface area contributed by atoms with Gasteiger partial charge in [0.05, 0.1) is 12.6 Å². The minimum atomic E-state index is -0.318. The first kappa shape index (κ1) is 19.5. The van der Waals surface area contributed by atoms with Crippen LogP contribution in [0.3, 0.4) is 0 Å². The second-order valence-corrected chi connectivity index (χ2v) is 6.78. The number of benzene rings is 2. The molecule has 0 spiro atoms. The van der Waals surface area contributed by atoms with Gasteiger partial charge in [0.25, 0.3) is 0 Å². The van der Waals surface area contributed by atoms with Crippen LogP contribution in [0, 0.1) is 19.7 Å². The van der Waals surface area contributed by atoms with Crippen molar-refractivity contribution in [3.8, 4) is 5.69 Å². The number of aromatic nitrogens is 1. The van der Waals surface area contributed by atoms with Gasteiger partial charge in [-0.1, -0.05) is 31.2 Å². The van der Waals surface area contributed by atoms with Gasteiger partial charge in [-0.15, -0.1) is 0 Å². The van der Waals surface area contributed by atoms with Gasteiger partial charge in [-0.05, 0) is 61.7 Å². The van der Waals surface area contributed by atoms with Gasteiger partial charge < -0.3 is 4.57 Å². The summed E-state index contributed by atoms with van der Waals surface area (Å²) in [6.45, 7) is 6.22. The second-order valence-electron chi connectivity index (χ2n) is 6.78. The number of aryl methyl sites for hydroxylation is 2. The highest BCUT2D eigenvalue weighted by Crippen LogP contribution is 2.20. The van der Waals surface area contributed by atoms with Crippen molar-refractivity contribution in [3.63, 3.8) is 0 Å². The molecule has 5 heteroatoms. The maximum Gasteiger partial charge on any atom is 0.244 e. The predicted molar refractivity (Wildman–Crippen MR) is 110 cm³/mol. The molecular formula is C23H24FN3O. The summed E-state index contributed by atoms with van der Waals surface area (Å²) in [6.07, 6.45) is 2.82. The molecule has 0 saturated carbocycles. The van der Waals surface area contributed by atoms with Crippen molar-refractivity contribution in [1.82, 2.24) is 9.99 Å². The Bertz CT molecular complexity index is 986. The van der Waals surface area contributed by atoms with Crippen LogP contribution in [0.15, 0.2) is 59.7 Å². The molecule has 0 aliphatic heterocycles. The molecule has 0 bridgehead atoms. The maximum atomic E-state index is 12.9. The summed E-state index contributed by atoms with van der Waals surface area (Å²) in [6, 6.07) is 16.4. The molecule has 0 saturated heterocycles. The van der Waals surface area contributed by atoms with Crippen molar-refractivity contribution in [3.05, 3.63) is 88.5 Å². The standard InChI is InChI=1S/C23H24FN3O/c1-4-18-7-11-22(12-8-18)27-16(2)13-20(17(27)3)15-25-26-23(28)14-19-5-9-21(24)10-6-19/h5-13,15H,4,14H2,1-3H3,(H,26,28)/b25-15+. The van der Waals surface area contributed by atoms with Gasteiger partial charge in [0, 0.05) is 22.6 Å². The molecule has 0 unspecified atom stereocenters. The first-order chi connectivity index (χ1) is 13.5. The molecule has 0 aliphatic rings. The lowest BCUT2D eigenvalue weighted by molar-refractivity contribution is -0.120. The fraction of sp³-hybridized carbons (Fsp3) is 0.217. The minimum absolute atomic E-state index is 0.153. The SMILES string of the molecule is CCc1ccc(-n2c(C)cc(/C=N/NC(=O)Cc3ccc(F)cc3)c2C)cc1. The van der Waals surface area contributed by atoms with E-state index in [1.807, 2.05) is 19.9 Å². The topological polar surface area (TPSA) is 46.4 Å². The van der Waals surface area contributed by atoms with Gasteiger partial charge in [-0.25, -0.2) is 9.82 Å². The molecule has 1 N–H and O–H groups in total. The van der Waals surface area contributed by atoms with Crippen LogP contribution in [0.2, 0.25) is 0 Å². The third-order valence-corrected chi connectivity index (χ3v) is 4.74. The van der Waals surface area contributed by atoms with Crippen LogP contribution in [0.5, 0.6) is 0 Å². The number of hydrogen-bond donors (Lipinski definition) is 1. The van der Waals surface area contributed by atoms with Gasteiger partial charge in [0.2, 0.25) is 5.91 Å². The second kappa shape index (κ2) is 8.65. The molecule has 3 rings (SSSR count). The van der Waals surface area contributed by atoms with Crippen molar-refractivity contribution in [2.24, 2.45) is 5.10 Å². The Labute approximate surface area is 164 Å². The quantitative estimate of drug-likeness (QED) is 0.499. The van der Waals surface area contributed by atoms with E-state index < -0.39 is 0 Å². The normalized spacial score (nSPS) is 11.1. The number of rotatable bonds is 6. The third-order valence-electron chi connectivity index (χ3n) is 4.74. The molecule has 0 radical (unpaired) electrons. The summed E-state index contributed by atoms with van der Waals surface area (Å²) < 4.78 is 15.1. The number of nitrogens with one attached hydrogen (secondary N) is 1. The van der Waals surface area contributed by atoms with Crippen LogP contribution in [0.1, 0.15) is 35.0 Å². The van der Waals surface area contributed by atoms with Crippen molar-refractivity contribution >= 4 is 12.1 Å². The number of halogens is 1. The molecular weight excluding hydrogens is 353 g/mol. The van der Waals surface area contributed by atoms with E-state index >= 15 is 0 Å². The number of carbonyl (C=O) groups is 1. The molecule has 0 atom stereocenters. The van der Waals surface area contributed by atoms with E-state index in [2.05, 4.69) is 46.3 Å². The van der Waals surface area contributed by atoms with Gasteiger partial charge in [-0.2, -0.15) is 5.10 Å². The molecule has 1 amide bonds. The summed E-state index contributed by atoms with van der Waals surface area (Å²) in [4.78, 5) is 12.0. The molecule has 1 heterocycles. The summed E-state index contributed by atoms with van der Waals surface area (Å²) in [5, 5.41) is 4.08. The molecule has 0 aliphatic carbocycles. The number of hydrazone groups is 1. The first-order valence-electron chi connectivity index (χ1n) is 9.32. The summed E-state index contributed by atoms with van der Waals surface area (Å²) >= 11 is 0. The van der Waals surface area contributed by atoms with Crippen LogP contribution >= 0.6 is 0 Å². The number of hydrogen-bond acceptors (Lipinski definition) is 2. The van der Waals surface area contributed by atoms with E-state index in [0.717, 1.165) is 34.6 Å². The minimum Gasteiger partial charge on any atom is -0.318 e. The number of nitrogens with zero attached hydrogens (tertiary/aromatic N) is 2. The van der Waals surface area contributed by atoms with E-state index in [9.17, 15) is 9.18 Å². The smallest absolute Gasteiger partial charge is 0.244 e. The van der Waals surface area contributed by atoms with Gasteiger partial charge in [0.15, 0.2) is 0 Å². The summed E-state index contributed by atoms with van der Waals surface area (Å²) in [7, 11) is 0. The highest BCUT2D eigenvalue weighted by Gasteiger charge is 2.09. The summed E-state index contributed by atoms with van der Waals surface area (Å²) in [5.74, 6) is -0.561. The molecule has 2 aromatic carbocycles. The van der Waals surface area contributed by atoms with Crippen LogP contribution in [0.4, 0.5) is 4.39 Å².